The normalized spacial score (nSPS) is 23.1. The molecule has 1 aliphatic heterocycles. The number of benzene rings is 1. The van der Waals surface area contributed by atoms with E-state index in [0.717, 1.165) is 24.1 Å². The molecule has 3 N–H and O–H groups in total. The Morgan fingerprint density at radius 3 is 2.71 bits per heavy atom. The Labute approximate surface area is 164 Å². The first kappa shape index (κ1) is 18.7. The van der Waals surface area contributed by atoms with E-state index in [9.17, 15) is 9.59 Å². The molecule has 1 aromatic carbocycles. The lowest BCUT2D eigenvalue weighted by Gasteiger charge is -2.30. The number of anilines is 1. The third-order valence-electron chi connectivity index (χ3n) is 5.40. The third-order valence-corrected chi connectivity index (χ3v) is 5.40. The van der Waals surface area contributed by atoms with Crippen molar-refractivity contribution in [1.29, 1.82) is 0 Å². The van der Waals surface area contributed by atoms with Gasteiger partial charge in [0, 0.05) is 24.4 Å². The van der Waals surface area contributed by atoms with Gasteiger partial charge in [0.2, 0.25) is 11.8 Å². The summed E-state index contributed by atoms with van der Waals surface area (Å²) in [6.45, 7) is 3.98. The van der Waals surface area contributed by atoms with Gasteiger partial charge < -0.3 is 10.6 Å². The van der Waals surface area contributed by atoms with Crippen LogP contribution in [0.1, 0.15) is 68.9 Å². The Morgan fingerprint density at radius 1 is 1.32 bits per heavy atom. The van der Waals surface area contributed by atoms with Crippen LogP contribution in [-0.2, 0) is 9.59 Å². The highest BCUT2D eigenvalue weighted by Crippen LogP contribution is 2.40. The molecule has 3 unspecified atom stereocenters. The monoisotopic (exact) mass is 381 g/mol. The van der Waals surface area contributed by atoms with Crippen LogP contribution < -0.4 is 16.0 Å². The molecule has 1 saturated heterocycles. The van der Waals surface area contributed by atoms with Crippen molar-refractivity contribution in [1.82, 2.24) is 20.4 Å². The van der Waals surface area contributed by atoms with Crippen molar-refractivity contribution in [2.24, 2.45) is 0 Å². The van der Waals surface area contributed by atoms with E-state index in [1.54, 1.807) is 4.68 Å². The molecule has 0 radical (unpaired) electrons. The Kier molecular flexibility index (Phi) is 5.17. The van der Waals surface area contributed by atoms with Crippen molar-refractivity contribution in [2.75, 3.05) is 5.32 Å². The highest BCUT2D eigenvalue weighted by atomic mass is 16.2. The van der Waals surface area contributed by atoms with Gasteiger partial charge in [-0.05, 0) is 31.7 Å². The van der Waals surface area contributed by atoms with Crippen LogP contribution in [0.15, 0.2) is 36.4 Å². The number of amides is 2. The summed E-state index contributed by atoms with van der Waals surface area (Å²) < 4.78 is 1.71. The Hall–Kier alpha value is -2.67. The molecule has 2 aromatic rings. The van der Waals surface area contributed by atoms with E-state index in [1.165, 1.54) is 0 Å². The first-order valence-corrected chi connectivity index (χ1v) is 10.1. The van der Waals surface area contributed by atoms with Gasteiger partial charge in [-0.3, -0.25) is 14.9 Å². The molecular weight excluding hydrogens is 354 g/mol. The number of nitrogens with one attached hydrogen (secondary N) is 3. The van der Waals surface area contributed by atoms with Crippen LogP contribution in [0.4, 0.5) is 5.82 Å². The second-order valence-corrected chi connectivity index (χ2v) is 7.78. The van der Waals surface area contributed by atoms with Crippen molar-refractivity contribution in [2.45, 2.75) is 63.7 Å². The lowest BCUT2D eigenvalue weighted by atomic mass is 9.96. The molecule has 2 amide bonds. The number of carbonyl (C=O) groups excluding carboxylic acids is 2. The van der Waals surface area contributed by atoms with E-state index in [0.29, 0.717) is 24.6 Å². The lowest BCUT2D eigenvalue weighted by molar-refractivity contribution is -0.125. The Balaban J connectivity index is 1.59. The molecule has 2 fully saturated rings. The van der Waals surface area contributed by atoms with Gasteiger partial charge in [-0.15, -0.1) is 0 Å². The van der Waals surface area contributed by atoms with Crippen molar-refractivity contribution < 1.29 is 9.59 Å². The van der Waals surface area contributed by atoms with E-state index >= 15 is 0 Å². The molecule has 1 saturated carbocycles. The minimum Gasteiger partial charge on any atom is -0.322 e. The van der Waals surface area contributed by atoms with E-state index in [1.807, 2.05) is 50.2 Å². The highest BCUT2D eigenvalue weighted by molar-refractivity contribution is 5.95. The number of rotatable bonds is 6. The zero-order valence-corrected chi connectivity index (χ0v) is 16.3. The van der Waals surface area contributed by atoms with Gasteiger partial charge in [-0.25, -0.2) is 4.68 Å². The summed E-state index contributed by atoms with van der Waals surface area (Å²) in [5.74, 6) is 0.750. The van der Waals surface area contributed by atoms with Gasteiger partial charge in [-0.2, -0.15) is 5.10 Å². The van der Waals surface area contributed by atoms with E-state index in [-0.39, 0.29) is 23.8 Å². The summed E-state index contributed by atoms with van der Waals surface area (Å²) in [4.78, 5) is 25.0. The molecule has 2 aliphatic rings. The van der Waals surface area contributed by atoms with Crippen LogP contribution >= 0.6 is 0 Å². The zero-order chi connectivity index (χ0) is 19.7. The van der Waals surface area contributed by atoms with Gasteiger partial charge in [0.15, 0.2) is 6.29 Å². The van der Waals surface area contributed by atoms with Crippen LogP contribution in [0, 0.1) is 0 Å². The summed E-state index contributed by atoms with van der Waals surface area (Å²) in [5, 5.41) is 14.0. The van der Waals surface area contributed by atoms with Crippen molar-refractivity contribution >= 4 is 17.6 Å². The minimum atomic E-state index is -0.462. The van der Waals surface area contributed by atoms with Crippen LogP contribution in [-0.4, -0.2) is 27.6 Å². The van der Waals surface area contributed by atoms with E-state index in [2.05, 4.69) is 16.0 Å². The summed E-state index contributed by atoms with van der Waals surface area (Å²) in [5.41, 5.74) is 1.96. The summed E-state index contributed by atoms with van der Waals surface area (Å²) in [6, 6.07) is 11.8. The number of hydrogen-bond donors (Lipinski definition) is 3. The standard InChI is InChI=1S/C21H27N5O2/c1-3-16(14-7-5-4-6-8-14)20(28)23-18-12-17(15-9-10-15)25-26(18)21-22-13(2)11-19(27)24-21/h4-8,12-13,15-16,21-22H,3,9-11H2,1-2H3,(H,23,28)(H,24,27). The molecule has 1 aromatic heterocycles. The quantitative estimate of drug-likeness (QED) is 0.718. The van der Waals surface area contributed by atoms with Gasteiger partial charge in [-0.1, -0.05) is 37.3 Å². The molecule has 7 nitrogen and oxygen atoms in total. The predicted molar refractivity (Wildman–Crippen MR) is 107 cm³/mol. The second kappa shape index (κ2) is 7.75. The SMILES string of the molecule is CCC(C(=O)Nc1cc(C2CC2)nn1C1NC(=O)CC(C)N1)c1ccccc1. The fourth-order valence-corrected chi connectivity index (χ4v) is 3.74. The van der Waals surface area contributed by atoms with Crippen LogP contribution in [0.2, 0.25) is 0 Å². The minimum absolute atomic E-state index is 0.0206. The second-order valence-electron chi connectivity index (χ2n) is 7.78. The summed E-state index contributed by atoms with van der Waals surface area (Å²) in [7, 11) is 0. The third kappa shape index (κ3) is 3.94. The molecule has 0 bridgehead atoms. The van der Waals surface area contributed by atoms with Gasteiger partial charge >= 0.3 is 0 Å². The summed E-state index contributed by atoms with van der Waals surface area (Å²) in [6.07, 6.45) is 2.91. The van der Waals surface area contributed by atoms with Crippen LogP contribution in [0.25, 0.3) is 0 Å². The molecule has 148 valence electrons. The van der Waals surface area contributed by atoms with Gasteiger partial charge in [0.05, 0.1) is 11.6 Å². The highest BCUT2D eigenvalue weighted by Gasteiger charge is 2.32. The topological polar surface area (TPSA) is 88.1 Å². The fraction of sp³-hybridized carbons (Fsp3) is 0.476. The number of aromatic nitrogens is 2. The van der Waals surface area contributed by atoms with Crippen molar-refractivity contribution in [3.05, 3.63) is 47.7 Å². The largest absolute Gasteiger partial charge is 0.322 e. The first-order valence-electron chi connectivity index (χ1n) is 10.1. The van der Waals surface area contributed by atoms with Crippen LogP contribution in [0.3, 0.4) is 0 Å². The molecule has 28 heavy (non-hydrogen) atoms. The average molecular weight is 381 g/mol. The Bertz CT molecular complexity index is 859. The summed E-state index contributed by atoms with van der Waals surface area (Å²) >= 11 is 0. The first-order chi connectivity index (χ1) is 13.5. The molecule has 0 spiro atoms. The number of hydrogen-bond acceptors (Lipinski definition) is 4. The van der Waals surface area contributed by atoms with Crippen molar-refractivity contribution in [3.63, 3.8) is 0 Å². The zero-order valence-electron chi connectivity index (χ0n) is 16.3. The van der Waals surface area contributed by atoms with E-state index < -0.39 is 6.29 Å². The molecule has 7 heteroatoms. The van der Waals surface area contributed by atoms with Gasteiger partial charge in [0.25, 0.3) is 0 Å². The van der Waals surface area contributed by atoms with E-state index in [4.69, 9.17) is 5.10 Å². The van der Waals surface area contributed by atoms with Crippen LogP contribution in [0.5, 0.6) is 0 Å². The average Bonchev–Trinajstić information content (AvgIpc) is 3.43. The molecule has 3 atom stereocenters. The molecule has 1 aliphatic carbocycles. The van der Waals surface area contributed by atoms with Crippen molar-refractivity contribution in [3.8, 4) is 0 Å². The smallest absolute Gasteiger partial charge is 0.233 e. The maximum atomic E-state index is 13.0. The molecule has 2 heterocycles. The number of carbonyl (C=O) groups is 2. The maximum Gasteiger partial charge on any atom is 0.233 e. The fourth-order valence-electron chi connectivity index (χ4n) is 3.74. The predicted octanol–water partition coefficient (Wildman–Crippen LogP) is 2.85. The number of nitrogens with zero attached hydrogens (tertiary/aromatic N) is 2. The molecular formula is C21H27N5O2. The Morgan fingerprint density at radius 2 is 2.07 bits per heavy atom. The molecule has 4 rings (SSSR count). The lowest BCUT2D eigenvalue weighted by Crippen LogP contribution is -2.52. The van der Waals surface area contributed by atoms with Gasteiger partial charge in [0.1, 0.15) is 5.82 Å². The maximum absolute atomic E-state index is 13.0.